The third kappa shape index (κ3) is 4.75. The predicted octanol–water partition coefficient (Wildman–Crippen LogP) is 4.49. The molecule has 3 amide bonds. The Bertz CT molecular complexity index is 1150. The number of furan rings is 1. The molecule has 1 aliphatic rings. The van der Waals surface area contributed by atoms with Crippen molar-refractivity contribution in [1.29, 1.82) is 0 Å². The second-order valence-electron chi connectivity index (χ2n) is 7.95. The lowest BCUT2D eigenvalue weighted by molar-refractivity contribution is 0.0849. The van der Waals surface area contributed by atoms with Crippen molar-refractivity contribution >= 4 is 34.7 Å². The lowest BCUT2D eigenvalue weighted by Crippen LogP contribution is -2.41. The number of benzene rings is 1. The van der Waals surface area contributed by atoms with Crippen LogP contribution >= 0.6 is 11.3 Å². The maximum absolute atomic E-state index is 12.6. The first-order valence-corrected chi connectivity index (χ1v) is 11.4. The Morgan fingerprint density at radius 2 is 1.91 bits per heavy atom. The zero-order valence-electron chi connectivity index (χ0n) is 18.0. The predicted molar refractivity (Wildman–Crippen MR) is 123 cm³/mol. The van der Waals surface area contributed by atoms with Gasteiger partial charge >= 0.3 is 0 Å². The molecule has 0 fully saturated rings. The fourth-order valence-electron chi connectivity index (χ4n) is 3.80. The van der Waals surface area contributed by atoms with Crippen LogP contribution in [-0.2, 0) is 12.8 Å². The number of thiophene rings is 1. The second kappa shape index (κ2) is 9.40. The number of hydrazine groups is 1. The van der Waals surface area contributed by atoms with Gasteiger partial charge in [-0.1, -0.05) is 19.4 Å². The summed E-state index contributed by atoms with van der Waals surface area (Å²) in [6.07, 6.45) is 5.74. The highest BCUT2D eigenvalue weighted by Crippen LogP contribution is 2.33. The summed E-state index contributed by atoms with van der Waals surface area (Å²) < 4.78 is 5.10. The van der Waals surface area contributed by atoms with Crippen molar-refractivity contribution in [2.45, 2.75) is 39.5 Å². The third-order valence-corrected chi connectivity index (χ3v) is 7.00. The quantitative estimate of drug-likeness (QED) is 0.498. The summed E-state index contributed by atoms with van der Waals surface area (Å²) >= 11 is 1.49. The van der Waals surface area contributed by atoms with Gasteiger partial charge in [0.2, 0.25) is 0 Å². The van der Waals surface area contributed by atoms with E-state index in [1.807, 2.05) is 13.0 Å². The Kier molecular flexibility index (Phi) is 6.41. The Morgan fingerprint density at radius 3 is 2.66 bits per heavy atom. The van der Waals surface area contributed by atoms with Crippen molar-refractivity contribution in [2.24, 2.45) is 5.92 Å². The molecule has 0 radical (unpaired) electrons. The van der Waals surface area contributed by atoms with Crippen molar-refractivity contribution in [3.05, 3.63) is 74.9 Å². The number of carbonyl (C=O) groups is 3. The van der Waals surface area contributed by atoms with E-state index in [-0.39, 0.29) is 11.7 Å². The van der Waals surface area contributed by atoms with Gasteiger partial charge in [-0.3, -0.25) is 25.2 Å². The zero-order valence-corrected chi connectivity index (χ0v) is 18.8. The Morgan fingerprint density at radius 1 is 1.09 bits per heavy atom. The molecule has 3 aromatic rings. The average Bonchev–Trinajstić information content (AvgIpc) is 3.48. The Balaban J connectivity index is 1.38. The van der Waals surface area contributed by atoms with Crippen LogP contribution in [0.2, 0.25) is 0 Å². The zero-order chi connectivity index (χ0) is 22.7. The summed E-state index contributed by atoms with van der Waals surface area (Å²) in [5, 5.41) is 2.74. The SMILES string of the molecule is CCC1CCc2sc(C(=O)NNC(=O)c3ccc(C)c(NC(=O)c4ccco4)c3)cc2C1. The van der Waals surface area contributed by atoms with Gasteiger partial charge < -0.3 is 9.73 Å². The summed E-state index contributed by atoms with van der Waals surface area (Å²) in [6.45, 7) is 4.02. The van der Waals surface area contributed by atoms with Crippen LogP contribution in [0.25, 0.3) is 0 Å². The molecular formula is C24H25N3O4S. The molecule has 1 unspecified atom stereocenters. The molecule has 8 heteroatoms. The van der Waals surface area contributed by atoms with Gasteiger partial charge in [-0.25, -0.2) is 0 Å². The number of amides is 3. The van der Waals surface area contributed by atoms with Crippen molar-refractivity contribution < 1.29 is 18.8 Å². The van der Waals surface area contributed by atoms with Crippen LogP contribution in [0.1, 0.15) is 66.4 Å². The highest BCUT2D eigenvalue weighted by molar-refractivity contribution is 7.14. The number of aryl methyl sites for hydroxylation is 2. The highest BCUT2D eigenvalue weighted by Gasteiger charge is 2.22. The first-order chi connectivity index (χ1) is 15.4. The molecule has 0 saturated carbocycles. The van der Waals surface area contributed by atoms with E-state index in [4.69, 9.17) is 4.42 Å². The molecular weight excluding hydrogens is 426 g/mol. The smallest absolute Gasteiger partial charge is 0.291 e. The minimum Gasteiger partial charge on any atom is -0.459 e. The van der Waals surface area contributed by atoms with Crippen molar-refractivity contribution in [3.8, 4) is 0 Å². The number of carbonyl (C=O) groups excluding carboxylic acids is 3. The second-order valence-corrected chi connectivity index (χ2v) is 9.08. The molecule has 4 rings (SSSR count). The molecule has 166 valence electrons. The molecule has 2 heterocycles. The fourth-order valence-corrected chi connectivity index (χ4v) is 4.90. The van der Waals surface area contributed by atoms with Crippen LogP contribution in [0, 0.1) is 12.8 Å². The summed E-state index contributed by atoms with van der Waals surface area (Å²) in [5.74, 6) is -0.355. The maximum Gasteiger partial charge on any atom is 0.291 e. The first kappa shape index (κ1) is 21.8. The van der Waals surface area contributed by atoms with Gasteiger partial charge in [0.25, 0.3) is 17.7 Å². The highest BCUT2D eigenvalue weighted by atomic mass is 32.1. The van der Waals surface area contributed by atoms with E-state index >= 15 is 0 Å². The van der Waals surface area contributed by atoms with Crippen LogP contribution in [0.4, 0.5) is 5.69 Å². The normalized spacial score (nSPS) is 15.0. The molecule has 1 atom stereocenters. The van der Waals surface area contributed by atoms with Crippen molar-refractivity contribution in [2.75, 3.05) is 5.32 Å². The monoisotopic (exact) mass is 451 g/mol. The lowest BCUT2D eigenvalue weighted by atomic mass is 9.87. The molecule has 2 aromatic heterocycles. The molecule has 0 spiro atoms. The van der Waals surface area contributed by atoms with Gasteiger partial charge in [0.1, 0.15) is 0 Å². The van der Waals surface area contributed by atoms with Crippen LogP contribution in [0.3, 0.4) is 0 Å². The van der Waals surface area contributed by atoms with Crippen molar-refractivity contribution in [3.63, 3.8) is 0 Å². The van der Waals surface area contributed by atoms with E-state index in [9.17, 15) is 14.4 Å². The third-order valence-electron chi connectivity index (χ3n) is 5.77. The van der Waals surface area contributed by atoms with Crippen LogP contribution in [-0.4, -0.2) is 17.7 Å². The average molecular weight is 452 g/mol. The molecule has 3 N–H and O–H groups in total. The van der Waals surface area contributed by atoms with E-state index in [0.29, 0.717) is 22.0 Å². The lowest BCUT2D eigenvalue weighted by Gasteiger charge is -2.19. The topological polar surface area (TPSA) is 100 Å². The van der Waals surface area contributed by atoms with E-state index in [0.717, 1.165) is 31.2 Å². The van der Waals surface area contributed by atoms with Crippen LogP contribution in [0.5, 0.6) is 0 Å². The summed E-state index contributed by atoms with van der Waals surface area (Å²) in [7, 11) is 0. The van der Waals surface area contributed by atoms with E-state index < -0.39 is 11.8 Å². The van der Waals surface area contributed by atoms with Crippen LogP contribution in [0.15, 0.2) is 47.1 Å². The number of hydrogen-bond acceptors (Lipinski definition) is 5. The Hall–Kier alpha value is -3.39. The summed E-state index contributed by atoms with van der Waals surface area (Å²) in [6, 6.07) is 10.0. The minimum atomic E-state index is -0.473. The number of anilines is 1. The molecule has 32 heavy (non-hydrogen) atoms. The van der Waals surface area contributed by atoms with Crippen LogP contribution < -0.4 is 16.2 Å². The van der Waals surface area contributed by atoms with E-state index in [1.165, 1.54) is 28.0 Å². The molecule has 1 aromatic carbocycles. The number of hydrogen-bond donors (Lipinski definition) is 3. The Labute approximate surface area is 190 Å². The summed E-state index contributed by atoms with van der Waals surface area (Å²) in [4.78, 5) is 39.3. The minimum absolute atomic E-state index is 0.176. The van der Waals surface area contributed by atoms with Gasteiger partial charge in [0, 0.05) is 16.1 Å². The standard InChI is InChI=1S/C24H25N3O4S/c1-3-15-7-9-20-17(11-15)13-21(32-20)24(30)27-26-22(28)16-8-6-14(2)18(12-16)25-23(29)19-5-4-10-31-19/h4-6,8,10,12-13,15H,3,7,9,11H2,1-2H3,(H,25,29)(H,26,28)(H,27,30). The maximum atomic E-state index is 12.6. The first-order valence-electron chi connectivity index (χ1n) is 10.6. The van der Waals surface area contributed by atoms with Gasteiger partial charge in [0.15, 0.2) is 5.76 Å². The molecule has 0 bridgehead atoms. The molecule has 7 nitrogen and oxygen atoms in total. The number of nitrogens with one attached hydrogen (secondary N) is 3. The van der Waals surface area contributed by atoms with Gasteiger partial charge in [0.05, 0.1) is 11.1 Å². The van der Waals surface area contributed by atoms with E-state index in [1.54, 1.807) is 30.3 Å². The number of rotatable bonds is 5. The van der Waals surface area contributed by atoms with Gasteiger partial charge in [-0.05, 0) is 73.6 Å². The van der Waals surface area contributed by atoms with Gasteiger partial charge in [-0.2, -0.15) is 0 Å². The molecule has 1 aliphatic carbocycles. The van der Waals surface area contributed by atoms with Gasteiger partial charge in [-0.15, -0.1) is 11.3 Å². The number of fused-ring (bicyclic) bond motifs is 1. The van der Waals surface area contributed by atoms with Crippen molar-refractivity contribution in [1.82, 2.24) is 10.9 Å². The van der Waals surface area contributed by atoms with E-state index in [2.05, 4.69) is 23.1 Å². The fraction of sp³-hybridized carbons (Fsp3) is 0.292. The molecule has 0 saturated heterocycles. The largest absolute Gasteiger partial charge is 0.459 e. The summed E-state index contributed by atoms with van der Waals surface area (Å²) in [5.41, 5.74) is 7.80. The molecule has 0 aliphatic heterocycles.